The van der Waals surface area contributed by atoms with Gasteiger partial charge in [-0.25, -0.2) is 0 Å². The van der Waals surface area contributed by atoms with Gasteiger partial charge in [-0.05, 0) is 36.8 Å². The van der Waals surface area contributed by atoms with Gasteiger partial charge in [0, 0.05) is 11.4 Å². The van der Waals surface area contributed by atoms with Gasteiger partial charge in [0.05, 0.1) is 12.2 Å². The largest absolute Gasteiger partial charge is 0.483 e. The zero-order valence-corrected chi connectivity index (χ0v) is 12.5. The quantitative estimate of drug-likeness (QED) is 0.430. The highest BCUT2D eigenvalue weighted by Gasteiger charge is 2.06. The van der Waals surface area contributed by atoms with E-state index in [0.717, 1.165) is 12.0 Å². The fraction of sp³-hybridized carbons (Fsp3) is 0.533. The summed E-state index contributed by atoms with van der Waals surface area (Å²) in [5.41, 5.74) is 13.5. The first kappa shape index (κ1) is 15.8. The maximum atomic E-state index is 5.86. The molecule has 1 rings (SSSR count). The number of anilines is 2. The van der Waals surface area contributed by atoms with Crippen molar-refractivity contribution >= 4 is 28.6 Å². The van der Waals surface area contributed by atoms with Gasteiger partial charge in [0.2, 0.25) is 0 Å². The molecule has 0 saturated heterocycles. The second-order valence-electron chi connectivity index (χ2n) is 4.75. The zero-order valence-electron chi connectivity index (χ0n) is 11.7. The van der Waals surface area contributed by atoms with Crippen LogP contribution in [0.3, 0.4) is 0 Å². The Morgan fingerprint density at radius 2 is 1.79 bits per heavy atom. The van der Waals surface area contributed by atoms with E-state index in [1.807, 2.05) is 6.07 Å². The average molecular weight is 280 g/mol. The second-order valence-corrected chi connectivity index (χ2v) is 5.12. The summed E-state index contributed by atoms with van der Waals surface area (Å²) in [7, 11) is 0. The van der Waals surface area contributed by atoms with E-state index in [1.54, 1.807) is 12.1 Å². The van der Waals surface area contributed by atoms with E-state index in [1.165, 1.54) is 32.1 Å². The lowest BCUT2D eigenvalue weighted by Crippen LogP contribution is -2.08. The molecule has 3 nitrogen and oxygen atoms in total. The van der Waals surface area contributed by atoms with Crippen molar-refractivity contribution < 1.29 is 4.74 Å². The monoisotopic (exact) mass is 280 g/mol. The molecule has 0 spiro atoms. The number of hydrogen-bond donors (Lipinski definition) is 2. The predicted molar refractivity (Wildman–Crippen MR) is 86.3 cm³/mol. The molecule has 0 aliphatic carbocycles. The smallest absolute Gasteiger partial charge is 0.193 e. The molecule has 0 atom stereocenters. The van der Waals surface area contributed by atoms with Crippen LogP contribution < -0.4 is 11.5 Å². The van der Waals surface area contributed by atoms with Crippen molar-refractivity contribution in [3.05, 3.63) is 23.8 Å². The lowest BCUT2D eigenvalue weighted by atomic mass is 10.1. The molecular weight excluding hydrogens is 256 g/mol. The summed E-state index contributed by atoms with van der Waals surface area (Å²) >= 11 is 5.23. The summed E-state index contributed by atoms with van der Waals surface area (Å²) < 4.78 is 5.57. The van der Waals surface area contributed by atoms with Crippen molar-refractivity contribution in [1.82, 2.24) is 0 Å². The second kappa shape index (κ2) is 8.75. The van der Waals surface area contributed by atoms with Crippen LogP contribution in [-0.4, -0.2) is 11.7 Å². The van der Waals surface area contributed by atoms with Gasteiger partial charge in [0.1, 0.15) is 0 Å². The predicted octanol–water partition coefficient (Wildman–Crippen LogP) is 3.90. The molecular formula is C15H24N2OS. The van der Waals surface area contributed by atoms with Crippen LogP contribution in [0.15, 0.2) is 18.2 Å². The number of nitrogen functional groups attached to an aromatic ring is 2. The number of rotatable bonds is 8. The molecule has 0 aliphatic heterocycles. The van der Waals surface area contributed by atoms with Crippen molar-refractivity contribution in [2.75, 3.05) is 18.1 Å². The third kappa shape index (κ3) is 5.92. The molecule has 0 unspecified atom stereocenters. The number of hydrogen-bond acceptors (Lipinski definition) is 4. The Morgan fingerprint density at radius 3 is 2.47 bits per heavy atom. The van der Waals surface area contributed by atoms with Gasteiger partial charge in [-0.2, -0.15) is 0 Å². The number of thiocarbonyl (C=S) groups is 1. The van der Waals surface area contributed by atoms with Gasteiger partial charge >= 0.3 is 0 Å². The standard InChI is InChI=1S/C15H24N2OS/c1-2-3-4-5-6-7-10-18-15(19)13-9-8-12(16)11-14(13)17/h8-9,11H,2-7,10,16-17H2,1H3. The third-order valence-corrected chi connectivity index (χ3v) is 3.36. The Bertz CT molecular complexity index is 407. The first-order chi connectivity index (χ1) is 9.15. The van der Waals surface area contributed by atoms with E-state index in [4.69, 9.17) is 28.4 Å². The molecule has 0 bridgehead atoms. The highest BCUT2D eigenvalue weighted by Crippen LogP contribution is 2.17. The summed E-state index contributed by atoms with van der Waals surface area (Å²) in [5, 5.41) is 0.464. The van der Waals surface area contributed by atoms with Gasteiger partial charge < -0.3 is 16.2 Å². The fourth-order valence-electron chi connectivity index (χ4n) is 1.89. The van der Waals surface area contributed by atoms with Crippen LogP contribution in [0, 0.1) is 0 Å². The van der Waals surface area contributed by atoms with Gasteiger partial charge in [0.15, 0.2) is 5.05 Å². The minimum absolute atomic E-state index is 0.464. The van der Waals surface area contributed by atoms with Gasteiger partial charge in [-0.3, -0.25) is 0 Å². The third-order valence-electron chi connectivity index (χ3n) is 3.03. The normalized spacial score (nSPS) is 10.4. The Hall–Kier alpha value is -1.29. The van der Waals surface area contributed by atoms with Crippen LogP contribution in [0.25, 0.3) is 0 Å². The first-order valence-electron chi connectivity index (χ1n) is 6.97. The maximum absolute atomic E-state index is 5.86. The molecule has 4 heteroatoms. The summed E-state index contributed by atoms with van der Waals surface area (Å²) in [6, 6.07) is 5.30. The Kier molecular flexibility index (Phi) is 7.26. The molecule has 1 aromatic carbocycles. The summed E-state index contributed by atoms with van der Waals surface area (Å²) in [5.74, 6) is 0. The topological polar surface area (TPSA) is 61.3 Å². The van der Waals surface area contributed by atoms with E-state index >= 15 is 0 Å². The van der Waals surface area contributed by atoms with Crippen molar-refractivity contribution in [2.24, 2.45) is 0 Å². The summed E-state index contributed by atoms with van der Waals surface area (Å²) in [6.07, 6.45) is 7.41. The van der Waals surface area contributed by atoms with E-state index in [2.05, 4.69) is 6.92 Å². The highest BCUT2D eigenvalue weighted by atomic mass is 32.1. The van der Waals surface area contributed by atoms with Crippen LogP contribution in [0.4, 0.5) is 11.4 Å². The highest BCUT2D eigenvalue weighted by molar-refractivity contribution is 7.80. The molecule has 0 fully saturated rings. The number of unbranched alkanes of at least 4 members (excludes halogenated alkanes) is 5. The Labute approximate surface area is 121 Å². The Morgan fingerprint density at radius 1 is 1.11 bits per heavy atom. The number of nitrogens with two attached hydrogens (primary N) is 2. The Balaban J connectivity index is 2.24. The minimum atomic E-state index is 0.464. The van der Waals surface area contributed by atoms with E-state index < -0.39 is 0 Å². The molecule has 0 amide bonds. The minimum Gasteiger partial charge on any atom is -0.483 e. The maximum Gasteiger partial charge on any atom is 0.193 e. The van der Waals surface area contributed by atoms with Gasteiger partial charge in [-0.15, -0.1) is 0 Å². The van der Waals surface area contributed by atoms with Crippen LogP contribution in [-0.2, 0) is 4.74 Å². The van der Waals surface area contributed by atoms with Gasteiger partial charge in [-0.1, -0.05) is 39.0 Å². The number of ether oxygens (including phenoxy) is 1. The van der Waals surface area contributed by atoms with Crippen molar-refractivity contribution in [3.8, 4) is 0 Å². The van der Waals surface area contributed by atoms with E-state index in [0.29, 0.717) is 23.0 Å². The van der Waals surface area contributed by atoms with Crippen LogP contribution in [0.2, 0.25) is 0 Å². The molecule has 0 saturated carbocycles. The molecule has 0 aromatic heterocycles. The van der Waals surface area contributed by atoms with Gasteiger partial charge in [0.25, 0.3) is 0 Å². The van der Waals surface area contributed by atoms with Crippen LogP contribution >= 0.6 is 12.2 Å². The molecule has 4 N–H and O–H groups in total. The molecule has 1 aromatic rings. The lowest BCUT2D eigenvalue weighted by molar-refractivity contribution is 0.301. The molecule has 0 radical (unpaired) electrons. The summed E-state index contributed by atoms with van der Waals surface area (Å²) in [6.45, 7) is 2.88. The van der Waals surface area contributed by atoms with E-state index in [-0.39, 0.29) is 0 Å². The lowest BCUT2D eigenvalue weighted by Gasteiger charge is -2.10. The molecule has 0 heterocycles. The van der Waals surface area contributed by atoms with Crippen LogP contribution in [0.1, 0.15) is 51.0 Å². The molecule has 106 valence electrons. The van der Waals surface area contributed by atoms with Crippen molar-refractivity contribution in [3.63, 3.8) is 0 Å². The first-order valence-corrected chi connectivity index (χ1v) is 7.38. The average Bonchev–Trinajstić information content (AvgIpc) is 2.37. The molecule has 0 aliphatic rings. The van der Waals surface area contributed by atoms with E-state index in [9.17, 15) is 0 Å². The van der Waals surface area contributed by atoms with Crippen LogP contribution in [0.5, 0.6) is 0 Å². The zero-order chi connectivity index (χ0) is 14.1. The fourth-order valence-corrected chi connectivity index (χ4v) is 2.16. The summed E-state index contributed by atoms with van der Waals surface area (Å²) in [4.78, 5) is 0. The SMILES string of the molecule is CCCCCCCCOC(=S)c1ccc(N)cc1N. The van der Waals surface area contributed by atoms with Crippen molar-refractivity contribution in [1.29, 1.82) is 0 Å². The number of benzene rings is 1. The molecule has 19 heavy (non-hydrogen) atoms. The van der Waals surface area contributed by atoms with Crippen molar-refractivity contribution in [2.45, 2.75) is 45.4 Å².